The second-order valence-corrected chi connectivity index (χ2v) is 6.57. The summed E-state index contributed by atoms with van der Waals surface area (Å²) >= 11 is 0. The number of aromatic nitrogens is 3. The molecule has 6 heteroatoms. The van der Waals surface area contributed by atoms with Crippen molar-refractivity contribution in [2.75, 3.05) is 18.0 Å². The Kier molecular flexibility index (Phi) is 4.19. The van der Waals surface area contributed by atoms with Crippen LogP contribution in [0.1, 0.15) is 18.9 Å². The average Bonchev–Trinajstić information content (AvgIpc) is 3.31. The zero-order valence-electron chi connectivity index (χ0n) is 14.2. The molecule has 2 aromatic heterocycles. The maximum atomic E-state index is 5.63. The van der Waals surface area contributed by atoms with Gasteiger partial charge in [0.2, 0.25) is 5.82 Å². The topological polar surface area (TPSA) is 81.1 Å². The monoisotopic (exact) mass is 335 g/mol. The van der Waals surface area contributed by atoms with Crippen LogP contribution >= 0.6 is 0 Å². The van der Waals surface area contributed by atoms with Crippen molar-refractivity contribution < 1.29 is 4.52 Å². The van der Waals surface area contributed by atoms with Gasteiger partial charge < -0.3 is 15.2 Å². The van der Waals surface area contributed by atoms with Gasteiger partial charge in [-0.05, 0) is 30.0 Å². The number of hydrogen-bond donors (Lipinski definition) is 1. The zero-order valence-corrected chi connectivity index (χ0v) is 14.2. The Labute approximate surface area is 146 Å². The Bertz CT molecular complexity index is 858. The number of benzene rings is 1. The molecular formula is C19H21N5O. The highest BCUT2D eigenvalue weighted by Gasteiger charge is 2.20. The van der Waals surface area contributed by atoms with Gasteiger partial charge in [-0.3, -0.25) is 0 Å². The lowest BCUT2D eigenvalue weighted by Crippen LogP contribution is -2.20. The lowest BCUT2D eigenvalue weighted by Gasteiger charge is -2.16. The largest absolute Gasteiger partial charge is 0.356 e. The number of hydrogen-bond acceptors (Lipinski definition) is 6. The molecule has 0 bridgehead atoms. The summed E-state index contributed by atoms with van der Waals surface area (Å²) in [6.45, 7) is 4.87. The molecule has 0 spiro atoms. The van der Waals surface area contributed by atoms with Crippen molar-refractivity contribution in [2.45, 2.75) is 19.9 Å². The van der Waals surface area contributed by atoms with Crippen molar-refractivity contribution >= 4 is 5.82 Å². The third-order valence-electron chi connectivity index (χ3n) is 4.61. The fourth-order valence-corrected chi connectivity index (χ4v) is 3.12. The maximum absolute atomic E-state index is 5.63. The highest BCUT2D eigenvalue weighted by atomic mass is 16.5. The smallest absolute Gasteiger partial charge is 0.258 e. The molecule has 1 aliphatic rings. The number of anilines is 1. The Morgan fingerprint density at radius 2 is 2.04 bits per heavy atom. The predicted octanol–water partition coefficient (Wildman–Crippen LogP) is 3.10. The van der Waals surface area contributed by atoms with E-state index in [1.54, 1.807) is 6.20 Å². The SMILES string of the molecule is CC1CCN(c2cc(-c3nc(-c4ccc(CN)cc4)no3)ccn2)C1. The summed E-state index contributed by atoms with van der Waals surface area (Å²) in [5.74, 6) is 2.76. The van der Waals surface area contributed by atoms with Gasteiger partial charge in [0.05, 0.1) is 0 Å². The van der Waals surface area contributed by atoms with Gasteiger partial charge in [-0.2, -0.15) is 4.98 Å². The lowest BCUT2D eigenvalue weighted by atomic mass is 10.1. The summed E-state index contributed by atoms with van der Waals surface area (Å²) in [4.78, 5) is 11.3. The van der Waals surface area contributed by atoms with Crippen LogP contribution in [0.4, 0.5) is 5.82 Å². The molecule has 1 aliphatic heterocycles. The van der Waals surface area contributed by atoms with Crippen LogP contribution in [-0.2, 0) is 6.54 Å². The molecule has 3 heterocycles. The van der Waals surface area contributed by atoms with Gasteiger partial charge in [-0.1, -0.05) is 36.3 Å². The van der Waals surface area contributed by atoms with E-state index >= 15 is 0 Å². The third-order valence-corrected chi connectivity index (χ3v) is 4.61. The molecule has 128 valence electrons. The Morgan fingerprint density at radius 1 is 1.20 bits per heavy atom. The van der Waals surface area contributed by atoms with Crippen LogP contribution in [0, 0.1) is 5.92 Å². The van der Waals surface area contributed by atoms with Crippen molar-refractivity contribution in [2.24, 2.45) is 11.7 Å². The van der Waals surface area contributed by atoms with Crippen LogP contribution in [0.15, 0.2) is 47.1 Å². The van der Waals surface area contributed by atoms with Gasteiger partial charge in [0.15, 0.2) is 0 Å². The fourth-order valence-electron chi connectivity index (χ4n) is 3.12. The van der Waals surface area contributed by atoms with Crippen LogP contribution < -0.4 is 10.6 Å². The maximum Gasteiger partial charge on any atom is 0.258 e. The molecule has 1 atom stereocenters. The molecule has 3 aromatic rings. The van der Waals surface area contributed by atoms with E-state index in [1.165, 1.54) is 6.42 Å². The molecule has 25 heavy (non-hydrogen) atoms. The van der Waals surface area contributed by atoms with E-state index < -0.39 is 0 Å². The molecule has 1 fully saturated rings. The van der Waals surface area contributed by atoms with Crippen LogP contribution in [0.25, 0.3) is 22.8 Å². The Hall–Kier alpha value is -2.73. The molecule has 0 radical (unpaired) electrons. The fraction of sp³-hybridized carbons (Fsp3) is 0.316. The van der Waals surface area contributed by atoms with Gasteiger partial charge >= 0.3 is 0 Å². The molecule has 0 saturated carbocycles. The van der Waals surface area contributed by atoms with E-state index in [-0.39, 0.29) is 0 Å². The predicted molar refractivity (Wildman–Crippen MR) is 96.9 cm³/mol. The third kappa shape index (κ3) is 3.25. The molecule has 0 aliphatic carbocycles. The molecule has 2 N–H and O–H groups in total. The van der Waals surface area contributed by atoms with E-state index in [0.717, 1.165) is 35.6 Å². The second kappa shape index (κ2) is 6.64. The first-order valence-corrected chi connectivity index (χ1v) is 8.57. The average molecular weight is 335 g/mol. The highest BCUT2D eigenvalue weighted by Crippen LogP contribution is 2.27. The molecule has 1 aromatic carbocycles. The number of nitrogens with zero attached hydrogens (tertiary/aromatic N) is 4. The van der Waals surface area contributed by atoms with Crippen molar-refractivity contribution in [3.8, 4) is 22.8 Å². The van der Waals surface area contributed by atoms with Gasteiger partial charge in [0, 0.05) is 37.0 Å². The second-order valence-electron chi connectivity index (χ2n) is 6.57. The summed E-state index contributed by atoms with van der Waals surface area (Å²) in [7, 11) is 0. The zero-order chi connectivity index (χ0) is 17.2. The minimum absolute atomic E-state index is 0.508. The lowest BCUT2D eigenvalue weighted by molar-refractivity contribution is 0.432. The van der Waals surface area contributed by atoms with Gasteiger partial charge in [-0.15, -0.1) is 0 Å². The van der Waals surface area contributed by atoms with Gasteiger partial charge in [-0.25, -0.2) is 4.98 Å². The molecule has 1 unspecified atom stereocenters. The summed E-state index contributed by atoms with van der Waals surface area (Å²) in [6, 6.07) is 11.8. The standard InChI is InChI=1S/C19H21N5O/c1-13-7-9-24(12-13)17-10-16(6-8-21-17)19-22-18(23-25-19)15-4-2-14(11-20)3-5-15/h2-6,8,10,13H,7,9,11-12,20H2,1H3. The summed E-state index contributed by atoms with van der Waals surface area (Å²) in [5, 5.41) is 4.11. The molecule has 6 nitrogen and oxygen atoms in total. The van der Waals surface area contributed by atoms with Crippen LogP contribution in [0.3, 0.4) is 0 Å². The quantitative estimate of drug-likeness (QED) is 0.789. The van der Waals surface area contributed by atoms with Crippen LogP contribution in [0.5, 0.6) is 0 Å². The van der Waals surface area contributed by atoms with Gasteiger partial charge in [0.1, 0.15) is 5.82 Å². The number of pyridine rings is 1. The van der Waals surface area contributed by atoms with E-state index in [0.29, 0.717) is 24.2 Å². The van der Waals surface area contributed by atoms with Crippen molar-refractivity contribution in [3.05, 3.63) is 48.2 Å². The summed E-state index contributed by atoms with van der Waals surface area (Å²) in [6.07, 6.45) is 3.00. The molecule has 1 saturated heterocycles. The minimum Gasteiger partial charge on any atom is -0.356 e. The van der Waals surface area contributed by atoms with Crippen molar-refractivity contribution in [1.82, 2.24) is 15.1 Å². The Morgan fingerprint density at radius 3 is 2.76 bits per heavy atom. The van der Waals surface area contributed by atoms with E-state index in [2.05, 4.69) is 26.9 Å². The van der Waals surface area contributed by atoms with E-state index in [1.807, 2.05) is 36.4 Å². The molecular weight excluding hydrogens is 314 g/mol. The van der Waals surface area contributed by atoms with Crippen molar-refractivity contribution in [1.29, 1.82) is 0 Å². The molecule has 0 amide bonds. The molecule has 4 rings (SSSR count). The first-order valence-electron chi connectivity index (χ1n) is 8.57. The van der Waals surface area contributed by atoms with Crippen LogP contribution in [0.2, 0.25) is 0 Å². The van der Waals surface area contributed by atoms with E-state index in [4.69, 9.17) is 10.3 Å². The van der Waals surface area contributed by atoms with Crippen LogP contribution in [-0.4, -0.2) is 28.2 Å². The summed E-state index contributed by atoms with van der Waals surface area (Å²) in [5.41, 5.74) is 8.51. The summed E-state index contributed by atoms with van der Waals surface area (Å²) < 4.78 is 5.47. The number of rotatable bonds is 4. The number of nitrogens with two attached hydrogens (primary N) is 1. The first kappa shape index (κ1) is 15.8. The van der Waals surface area contributed by atoms with E-state index in [9.17, 15) is 0 Å². The minimum atomic E-state index is 0.508. The van der Waals surface area contributed by atoms with Crippen molar-refractivity contribution in [3.63, 3.8) is 0 Å². The highest BCUT2D eigenvalue weighted by molar-refractivity contribution is 5.62. The Balaban J connectivity index is 1.59. The van der Waals surface area contributed by atoms with Gasteiger partial charge in [0.25, 0.3) is 5.89 Å². The normalized spacial score (nSPS) is 17.2. The first-order chi connectivity index (χ1) is 12.2.